The van der Waals surface area contributed by atoms with Crippen molar-refractivity contribution in [2.75, 3.05) is 0 Å². The third-order valence-corrected chi connectivity index (χ3v) is 3.44. The van der Waals surface area contributed by atoms with E-state index in [0.29, 0.717) is 5.56 Å². The van der Waals surface area contributed by atoms with Crippen LogP contribution < -0.4 is 5.11 Å². The third kappa shape index (κ3) is 2.38. The fraction of sp³-hybridized carbons (Fsp3) is 0.0833. The third-order valence-electron chi connectivity index (χ3n) is 2.28. The molecule has 0 bridgehead atoms. The number of rotatable bonds is 2. The maximum Gasteiger partial charge on any atom is 0.426 e. The van der Waals surface area contributed by atoms with Gasteiger partial charge in [0, 0.05) is 5.56 Å². The van der Waals surface area contributed by atoms with Crippen molar-refractivity contribution in [1.29, 1.82) is 0 Å². The predicted octanol–water partition coefficient (Wildman–Crippen LogP) is 2.80. The quantitative estimate of drug-likeness (QED) is 0.842. The van der Waals surface area contributed by atoms with Crippen molar-refractivity contribution in [3.63, 3.8) is 0 Å². The average molecular weight is 271 g/mol. The van der Waals surface area contributed by atoms with Gasteiger partial charge in [-0.1, -0.05) is 30.3 Å². The molecule has 94 valence electrons. The van der Waals surface area contributed by atoms with Crippen molar-refractivity contribution >= 4 is 17.3 Å². The molecule has 6 heteroatoms. The van der Waals surface area contributed by atoms with Crippen LogP contribution in [0.25, 0.3) is 11.1 Å². The first-order valence-corrected chi connectivity index (χ1v) is 5.69. The Morgan fingerprint density at radius 2 is 1.78 bits per heavy atom. The van der Waals surface area contributed by atoms with E-state index in [0.717, 1.165) is 6.07 Å². The Morgan fingerprint density at radius 3 is 2.28 bits per heavy atom. The van der Waals surface area contributed by atoms with E-state index in [4.69, 9.17) is 0 Å². The van der Waals surface area contributed by atoms with Crippen LogP contribution in [0.15, 0.2) is 36.4 Å². The molecule has 0 spiro atoms. The molecule has 1 aromatic carbocycles. The van der Waals surface area contributed by atoms with E-state index < -0.39 is 21.9 Å². The molecule has 0 unspecified atom stereocenters. The summed E-state index contributed by atoms with van der Waals surface area (Å²) in [5, 5.41) is 10.7. The highest BCUT2D eigenvalue weighted by Gasteiger charge is 2.36. The number of carboxylic acid groups (broad SMARTS) is 1. The molecule has 0 aliphatic carbocycles. The van der Waals surface area contributed by atoms with Crippen molar-refractivity contribution < 1.29 is 23.1 Å². The predicted molar refractivity (Wildman–Crippen MR) is 59.1 cm³/mol. The lowest BCUT2D eigenvalue weighted by molar-refractivity contribution is -0.254. The fourth-order valence-corrected chi connectivity index (χ4v) is 2.42. The molecule has 0 N–H and O–H groups in total. The van der Waals surface area contributed by atoms with Crippen LogP contribution in [0.1, 0.15) is 14.5 Å². The lowest BCUT2D eigenvalue weighted by Gasteiger charge is -2.07. The Kier molecular flexibility index (Phi) is 3.13. The van der Waals surface area contributed by atoms with Crippen LogP contribution in [-0.2, 0) is 6.18 Å². The molecule has 0 saturated carbocycles. The lowest BCUT2D eigenvalue weighted by Crippen LogP contribution is -2.20. The first kappa shape index (κ1) is 12.6. The number of thiophene rings is 1. The highest BCUT2D eigenvalue weighted by Crippen LogP contribution is 2.42. The van der Waals surface area contributed by atoms with Gasteiger partial charge in [0.1, 0.15) is 4.88 Å². The van der Waals surface area contributed by atoms with E-state index in [1.54, 1.807) is 18.2 Å². The zero-order valence-corrected chi connectivity index (χ0v) is 9.64. The smallest absolute Gasteiger partial charge is 0.426 e. The molecule has 0 aliphatic rings. The summed E-state index contributed by atoms with van der Waals surface area (Å²) in [6.07, 6.45) is -4.58. The Morgan fingerprint density at radius 1 is 1.17 bits per heavy atom. The number of alkyl halides is 3. The summed E-state index contributed by atoms with van der Waals surface area (Å²) in [4.78, 5) is 9.30. The molecule has 18 heavy (non-hydrogen) atoms. The SMILES string of the molecule is O=C([O-])c1cc(-c2ccccc2)c(C(F)(F)F)s1. The van der Waals surface area contributed by atoms with Crippen molar-refractivity contribution in [2.45, 2.75) is 6.18 Å². The average Bonchev–Trinajstić information content (AvgIpc) is 2.74. The maximum atomic E-state index is 12.8. The number of carbonyl (C=O) groups is 1. The molecule has 1 heterocycles. The van der Waals surface area contributed by atoms with Gasteiger partial charge in [0.25, 0.3) is 0 Å². The second kappa shape index (κ2) is 4.45. The van der Waals surface area contributed by atoms with Gasteiger partial charge < -0.3 is 9.90 Å². The van der Waals surface area contributed by atoms with Gasteiger partial charge in [0.2, 0.25) is 0 Å². The molecule has 2 aromatic rings. The van der Waals surface area contributed by atoms with Crippen LogP contribution in [-0.4, -0.2) is 5.97 Å². The zero-order chi connectivity index (χ0) is 13.3. The van der Waals surface area contributed by atoms with Crippen LogP contribution in [0.2, 0.25) is 0 Å². The second-order valence-electron chi connectivity index (χ2n) is 3.50. The van der Waals surface area contributed by atoms with Gasteiger partial charge in [-0.15, -0.1) is 11.3 Å². The van der Waals surface area contributed by atoms with Crippen LogP contribution in [0, 0.1) is 0 Å². The van der Waals surface area contributed by atoms with Crippen LogP contribution in [0.5, 0.6) is 0 Å². The van der Waals surface area contributed by atoms with E-state index in [1.165, 1.54) is 12.1 Å². The monoisotopic (exact) mass is 271 g/mol. The second-order valence-corrected chi connectivity index (χ2v) is 4.56. The molecular formula is C12H6F3O2S-. The van der Waals surface area contributed by atoms with Crippen molar-refractivity contribution in [1.82, 2.24) is 0 Å². The largest absolute Gasteiger partial charge is 0.544 e. The molecule has 2 nitrogen and oxygen atoms in total. The number of carboxylic acids is 1. The minimum absolute atomic E-state index is 0.132. The van der Waals surface area contributed by atoms with Crippen LogP contribution in [0.3, 0.4) is 0 Å². The highest BCUT2D eigenvalue weighted by molar-refractivity contribution is 7.14. The Bertz CT molecular complexity index is 573. The summed E-state index contributed by atoms with van der Waals surface area (Å²) in [7, 11) is 0. The minimum Gasteiger partial charge on any atom is -0.544 e. The lowest BCUT2D eigenvalue weighted by atomic mass is 10.1. The summed E-state index contributed by atoms with van der Waals surface area (Å²) in [6, 6.07) is 8.84. The number of benzene rings is 1. The molecule has 0 radical (unpaired) electrons. The Hall–Kier alpha value is -1.82. The van der Waals surface area contributed by atoms with Gasteiger partial charge in [0.05, 0.1) is 10.8 Å². The maximum absolute atomic E-state index is 12.8. The number of hydrogen-bond acceptors (Lipinski definition) is 3. The van der Waals surface area contributed by atoms with Gasteiger partial charge in [0.15, 0.2) is 0 Å². The summed E-state index contributed by atoms with van der Waals surface area (Å²) < 4.78 is 38.4. The molecular weight excluding hydrogens is 265 g/mol. The summed E-state index contributed by atoms with van der Waals surface area (Å²) in [5.74, 6) is -1.60. The van der Waals surface area contributed by atoms with Crippen molar-refractivity contribution in [3.05, 3.63) is 46.2 Å². The van der Waals surface area contributed by atoms with E-state index >= 15 is 0 Å². The normalized spacial score (nSPS) is 11.5. The zero-order valence-electron chi connectivity index (χ0n) is 8.82. The van der Waals surface area contributed by atoms with Crippen molar-refractivity contribution in [3.8, 4) is 11.1 Å². The molecule has 0 fully saturated rings. The molecule has 0 saturated heterocycles. The van der Waals surface area contributed by atoms with E-state index in [9.17, 15) is 23.1 Å². The molecule has 0 atom stereocenters. The van der Waals surface area contributed by atoms with Crippen LogP contribution in [0.4, 0.5) is 13.2 Å². The summed E-state index contributed by atoms with van der Waals surface area (Å²) in [6.45, 7) is 0. The van der Waals surface area contributed by atoms with Gasteiger partial charge in [-0.25, -0.2) is 0 Å². The number of carbonyl (C=O) groups excluding carboxylic acids is 1. The van der Waals surface area contributed by atoms with Gasteiger partial charge in [-0.3, -0.25) is 0 Å². The summed E-state index contributed by atoms with van der Waals surface area (Å²) >= 11 is 0.182. The molecule has 2 rings (SSSR count). The summed E-state index contributed by atoms with van der Waals surface area (Å²) in [5.41, 5.74) is 0.195. The van der Waals surface area contributed by atoms with Crippen molar-refractivity contribution in [2.24, 2.45) is 0 Å². The van der Waals surface area contributed by atoms with E-state index in [2.05, 4.69) is 0 Å². The Balaban J connectivity index is 2.62. The first-order valence-electron chi connectivity index (χ1n) is 4.87. The highest BCUT2D eigenvalue weighted by atomic mass is 32.1. The molecule has 0 aliphatic heterocycles. The minimum atomic E-state index is -4.58. The first-order chi connectivity index (χ1) is 8.39. The molecule has 1 aromatic heterocycles. The standard InChI is InChI=1S/C12H7F3O2S/c13-12(14,15)10-8(6-9(18-10)11(16)17)7-4-2-1-3-5-7/h1-6H,(H,16,17)/p-1. The van der Waals surface area contributed by atoms with E-state index in [1.807, 2.05) is 0 Å². The van der Waals surface area contributed by atoms with E-state index in [-0.39, 0.29) is 16.9 Å². The van der Waals surface area contributed by atoms with Crippen LogP contribution >= 0.6 is 11.3 Å². The van der Waals surface area contributed by atoms with Gasteiger partial charge in [-0.2, -0.15) is 13.2 Å². The van der Waals surface area contributed by atoms with Gasteiger partial charge in [-0.05, 0) is 11.6 Å². The number of hydrogen-bond donors (Lipinski definition) is 0. The number of halogens is 3. The fourth-order valence-electron chi connectivity index (χ4n) is 1.53. The molecule has 0 amide bonds. The Labute approximate surface area is 104 Å². The topological polar surface area (TPSA) is 40.1 Å². The van der Waals surface area contributed by atoms with Gasteiger partial charge >= 0.3 is 6.18 Å². The number of aromatic carboxylic acids is 1.